The van der Waals surface area contributed by atoms with Crippen molar-refractivity contribution < 1.29 is 0 Å². The number of hydrogen-bond donors (Lipinski definition) is 1. The average Bonchev–Trinajstić information content (AvgIpc) is 2.41. The molecule has 0 aliphatic carbocycles. The van der Waals surface area contributed by atoms with Gasteiger partial charge in [0.15, 0.2) is 0 Å². The van der Waals surface area contributed by atoms with Gasteiger partial charge in [-0.25, -0.2) is 0 Å². The highest BCUT2D eigenvalue weighted by Crippen LogP contribution is 2.24. The maximum absolute atomic E-state index is 9.07. The molecule has 0 atom stereocenters. The summed E-state index contributed by atoms with van der Waals surface area (Å²) < 4.78 is 0.879. The van der Waals surface area contributed by atoms with Gasteiger partial charge in [0.2, 0.25) is 0 Å². The van der Waals surface area contributed by atoms with E-state index in [0.717, 1.165) is 15.7 Å². The molecule has 0 saturated carbocycles. The number of benzene rings is 2. The molecule has 19 heavy (non-hydrogen) atoms. The van der Waals surface area contributed by atoms with Gasteiger partial charge in [-0.2, -0.15) is 5.26 Å². The third-order valence-electron chi connectivity index (χ3n) is 2.57. The summed E-state index contributed by atoms with van der Waals surface area (Å²) in [5, 5.41) is 13.3. The largest absolute Gasteiger partial charge is 0.380 e. The van der Waals surface area contributed by atoms with E-state index in [1.807, 2.05) is 24.3 Å². The van der Waals surface area contributed by atoms with Crippen molar-refractivity contribution in [1.29, 1.82) is 5.26 Å². The summed E-state index contributed by atoms with van der Waals surface area (Å²) in [6.45, 7) is 0.577. The Morgan fingerprint density at radius 2 is 1.89 bits per heavy atom. The number of anilines is 1. The Bertz CT molecular complexity index is 650. The summed E-state index contributed by atoms with van der Waals surface area (Å²) in [5.74, 6) is 0. The Morgan fingerprint density at radius 1 is 1.11 bits per heavy atom. The molecule has 0 spiro atoms. The topological polar surface area (TPSA) is 35.8 Å². The van der Waals surface area contributed by atoms with Crippen LogP contribution in [0.2, 0.25) is 10.0 Å². The van der Waals surface area contributed by atoms with E-state index in [9.17, 15) is 0 Å². The van der Waals surface area contributed by atoms with Crippen molar-refractivity contribution in [2.24, 2.45) is 0 Å². The van der Waals surface area contributed by atoms with Crippen LogP contribution in [0.5, 0.6) is 0 Å². The maximum atomic E-state index is 9.07. The molecule has 0 aromatic heterocycles. The zero-order valence-corrected chi connectivity index (χ0v) is 12.9. The number of hydrogen-bond acceptors (Lipinski definition) is 2. The number of nitrogens with one attached hydrogen (secondary N) is 1. The second kappa shape index (κ2) is 6.29. The van der Waals surface area contributed by atoms with Crippen LogP contribution in [0.3, 0.4) is 0 Å². The van der Waals surface area contributed by atoms with Gasteiger partial charge in [0.05, 0.1) is 21.3 Å². The van der Waals surface area contributed by atoms with Crippen molar-refractivity contribution in [1.82, 2.24) is 0 Å². The van der Waals surface area contributed by atoms with Gasteiger partial charge in [0.1, 0.15) is 6.07 Å². The monoisotopic (exact) mass is 354 g/mol. The molecule has 0 bridgehead atoms. The quantitative estimate of drug-likeness (QED) is 0.817. The molecule has 0 saturated heterocycles. The molecule has 0 radical (unpaired) electrons. The van der Waals surface area contributed by atoms with Crippen LogP contribution in [0, 0.1) is 11.3 Å². The van der Waals surface area contributed by atoms with E-state index >= 15 is 0 Å². The van der Waals surface area contributed by atoms with Crippen LogP contribution in [0.25, 0.3) is 0 Å². The number of nitriles is 1. The molecule has 2 nitrogen and oxygen atoms in total. The summed E-state index contributed by atoms with van der Waals surface area (Å²) in [4.78, 5) is 0. The summed E-state index contributed by atoms with van der Waals surface area (Å²) in [5.41, 5.74) is 2.38. The zero-order valence-electron chi connectivity index (χ0n) is 9.75. The molecule has 1 N–H and O–H groups in total. The predicted molar refractivity (Wildman–Crippen MR) is 82.6 cm³/mol. The molecule has 0 fully saturated rings. The maximum Gasteiger partial charge on any atom is 0.101 e. The molecular weight excluding hydrogens is 347 g/mol. The van der Waals surface area contributed by atoms with Crippen molar-refractivity contribution in [3.63, 3.8) is 0 Å². The van der Waals surface area contributed by atoms with E-state index in [0.29, 0.717) is 22.2 Å². The van der Waals surface area contributed by atoms with E-state index in [-0.39, 0.29) is 0 Å². The standard InChI is InChI=1S/C14H9BrCl2N2/c15-11-2-4-14(10(6-11)7-18)19-8-9-1-3-12(16)13(17)5-9/h1-6,19H,8H2. The first kappa shape index (κ1) is 14.2. The summed E-state index contributed by atoms with van der Waals surface area (Å²) >= 11 is 15.2. The van der Waals surface area contributed by atoms with Crippen LogP contribution in [0.1, 0.15) is 11.1 Å². The number of nitrogens with zero attached hydrogens (tertiary/aromatic N) is 1. The molecule has 0 amide bonds. The Kier molecular flexibility index (Phi) is 4.71. The molecule has 0 unspecified atom stereocenters. The Morgan fingerprint density at radius 3 is 2.58 bits per heavy atom. The van der Waals surface area contributed by atoms with Gasteiger partial charge < -0.3 is 5.32 Å². The molecule has 0 aliphatic heterocycles. The van der Waals surface area contributed by atoms with Crippen molar-refractivity contribution >= 4 is 44.8 Å². The summed E-state index contributed by atoms with van der Waals surface area (Å²) in [6.07, 6.45) is 0. The first-order chi connectivity index (χ1) is 9.10. The normalized spacial score (nSPS) is 10.0. The highest BCUT2D eigenvalue weighted by molar-refractivity contribution is 9.10. The summed E-state index contributed by atoms with van der Waals surface area (Å²) in [6, 6.07) is 13.1. The lowest BCUT2D eigenvalue weighted by atomic mass is 10.1. The van der Waals surface area contributed by atoms with Gasteiger partial charge in [-0.05, 0) is 35.9 Å². The number of halogens is 3. The van der Waals surface area contributed by atoms with Crippen LogP contribution < -0.4 is 5.32 Å². The van der Waals surface area contributed by atoms with Gasteiger partial charge in [-0.3, -0.25) is 0 Å². The van der Waals surface area contributed by atoms with E-state index in [1.54, 1.807) is 12.1 Å². The van der Waals surface area contributed by atoms with Crippen LogP contribution in [-0.4, -0.2) is 0 Å². The first-order valence-electron chi connectivity index (χ1n) is 5.47. The lowest BCUT2D eigenvalue weighted by Gasteiger charge is -2.09. The number of rotatable bonds is 3. The highest BCUT2D eigenvalue weighted by atomic mass is 79.9. The van der Waals surface area contributed by atoms with E-state index in [2.05, 4.69) is 27.3 Å². The highest BCUT2D eigenvalue weighted by Gasteiger charge is 2.04. The minimum absolute atomic E-state index is 0.525. The van der Waals surface area contributed by atoms with E-state index < -0.39 is 0 Å². The van der Waals surface area contributed by atoms with Crippen LogP contribution in [0.4, 0.5) is 5.69 Å². The SMILES string of the molecule is N#Cc1cc(Br)ccc1NCc1ccc(Cl)c(Cl)c1. The Hall–Kier alpha value is -1.21. The predicted octanol–water partition coefficient (Wildman–Crippen LogP) is 5.24. The van der Waals surface area contributed by atoms with Gasteiger partial charge in [0, 0.05) is 11.0 Å². The average molecular weight is 356 g/mol. The minimum atomic E-state index is 0.525. The van der Waals surface area contributed by atoms with Gasteiger partial charge in [-0.15, -0.1) is 0 Å². The fourth-order valence-electron chi connectivity index (χ4n) is 1.61. The van der Waals surface area contributed by atoms with Crippen molar-refractivity contribution in [2.45, 2.75) is 6.54 Å². The van der Waals surface area contributed by atoms with E-state index in [1.165, 1.54) is 0 Å². The van der Waals surface area contributed by atoms with Crippen LogP contribution in [-0.2, 0) is 6.54 Å². The lowest BCUT2D eigenvalue weighted by Crippen LogP contribution is -2.01. The molecule has 0 aliphatic rings. The van der Waals surface area contributed by atoms with Crippen molar-refractivity contribution in [3.05, 3.63) is 62.0 Å². The van der Waals surface area contributed by atoms with Gasteiger partial charge >= 0.3 is 0 Å². The zero-order chi connectivity index (χ0) is 13.8. The first-order valence-corrected chi connectivity index (χ1v) is 7.02. The second-order valence-electron chi connectivity index (χ2n) is 3.90. The third kappa shape index (κ3) is 3.63. The smallest absolute Gasteiger partial charge is 0.101 e. The lowest BCUT2D eigenvalue weighted by molar-refractivity contribution is 1.15. The molecule has 2 aromatic carbocycles. The second-order valence-corrected chi connectivity index (χ2v) is 5.63. The molecule has 96 valence electrons. The Balaban J connectivity index is 2.14. The van der Waals surface area contributed by atoms with Crippen molar-refractivity contribution in [3.8, 4) is 6.07 Å². The molecule has 0 heterocycles. The van der Waals surface area contributed by atoms with Gasteiger partial charge in [0.25, 0.3) is 0 Å². The molecular formula is C14H9BrCl2N2. The Labute approximate surface area is 130 Å². The van der Waals surface area contributed by atoms with E-state index in [4.69, 9.17) is 28.5 Å². The fourth-order valence-corrected chi connectivity index (χ4v) is 2.29. The van der Waals surface area contributed by atoms with Gasteiger partial charge in [-0.1, -0.05) is 45.2 Å². The molecule has 5 heteroatoms. The summed E-state index contributed by atoms with van der Waals surface area (Å²) in [7, 11) is 0. The molecule has 2 rings (SSSR count). The third-order valence-corrected chi connectivity index (χ3v) is 3.80. The van der Waals surface area contributed by atoms with Crippen LogP contribution in [0.15, 0.2) is 40.9 Å². The van der Waals surface area contributed by atoms with Crippen LogP contribution >= 0.6 is 39.1 Å². The minimum Gasteiger partial charge on any atom is -0.380 e. The molecule has 2 aromatic rings. The fraction of sp³-hybridized carbons (Fsp3) is 0.0714. The van der Waals surface area contributed by atoms with Crippen molar-refractivity contribution in [2.75, 3.05) is 5.32 Å².